The number of aryl methyl sites for hydroxylation is 1. The van der Waals surface area contributed by atoms with Crippen LogP contribution in [0.15, 0.2) is 41.4 Å². The van der Waals surface area contributed by atoms with E-state index in [-0.39, 0.29) is 42.1 Å². The zero-order chi connectivity index (χ0) is 21.9. The number of halogens is 1. The molecule has 1 fully saturated rings. The van der Waals surface area contributed by atoms with Crippen molar-refractivity contribution in [1.29, 1.82) is 0 Å². The fourth-order valence-corrected chi connectivity index (χ4v) is 4.91. The van der Waals surface area contributed by atoms with Gasteiger partial charge in [0.25, 0.3) is 0 Å². The van der Waals surface area contributed by atoms with Crippen LogP contribution in [-0.2, 0) is 26.6 Å². The van der Waals surface area contributed by atoms with Gasteiger partial charge in [-0.05, 0) is 50.1 Å². The summed E-state index contributed by atoms with van der Waals surface area (Å²) >= 11 is 0. The number of hydrogen-bond acceptors (Lipinski definition) is 5. The van der Waals surface area contributed by atoms with Crippen LogP contribution in [0, 0.1) is 11.7 Å². The third-order valence-corrected chi connectivity index (χ3v) is 6.90. The van der Waals surface area contributed by atoms with Crippen LogP contribution in [0.3, 0.4) is 0 Å². The van der Waals surface area contributed by atoms with Crippen molar-refractivity contribution in [3.8, 4) is 0 Å². The first-order chi connectivity index (χ1) is 14.2. The predicted molar refractivity (Wildman–Crippen MR) is 108 cm³/mol. The second kappa shape index (κ2) is 8.97. The quantitative estimate of drug-likeness (QED) is 0.700. The van der Waals surface area contributed by atoms with Gasteiger partial charge in [0.15, 0.2) is 0 Å². The maximum atomic E-state index is 13.0. The molecule has 0 unspecified atom stereocenters. The fourth-order valence-electron chi connectivity index (χ4n) is 3.37. The SMILES string of the molecule is CCOC(=O)c1cc(S(=O)(=O)N2CCC(C(=O)Nc3ccc(F)cc3)CC2)cn1C. The number of anilines is 1. The highest BCUT2D eigenvalue weighted by molar-refractivity contribution is 7.89. The number of nitrogens with zero attached hydrogens (tertiary/aromatic N) is 2. The molecule has 8 nitrogen and oxygen atoms in total. The number of amides is 1. The molecule has 0 atom stereocenters. The summed E-state index contributed by atoms with van der Waals surface area (Å²) < 4.78 is 46.6. The second-order valence-corrected chi connectivity index (χ2v) is 9.00. The molecule has 0 saturated carbocycles. The number of rotatable bonds is 6. The fraction of sp³-hybridized carbons (Fsp3) is 0.400. The van der Waals surface area contributed by atoms with Crippen LogP contribution in [0.4, 0.5) is 10.1 Å². The van der Waals surface area contributed by atoms with Gasteiger partial charge in [0.05, 0.1) is 6.61 Å². The summed E-state index contributed by atoms with van der Waals surface area (Å²) in [7, 11) is -2.21. The Balaban J connectivity index is 1.63. The number of carbonyl (C=O) groups is 2. The number of piperidine rings is 1. The van der Waals surface area contributed by atoms with Crippen molar-refractivity contribution in [2.45, 2.75) is 24.7 Å². The topological polar surface area (TPSA) is 97.7 Å². The Hall–Kier alpha value is -2.72. The maximum absolute atomic E-state index is 13.0. The summed E-state index contributed by atoms with van der Waals surface area (Å²) in [5.41, 5.74) is 0.649. The Bertz CT molecular complexity index is 1030. The molecule has 3 rings (SSSR count). The van der Waals surface area contributed by atoms with E-state index in [1.165, 1.54) is 45.4 Å². The molecule has 2 aromatic rings. The average molecular weight is 437 g/mol. The van der Waals surface area contributed by atoms with E-state index < -0.39 is 21.8 Å². The van der Waals surface area contributed by atoms with Crippen LogP contribution in [0.25, 0.3) is 0 Å². The molecular formula is C20H24FN3O5S. The molecule has 30 heavy (non-hydrogen) atoms. The maximum Gasteiger partial charge on any atom is 0.354 e. The number of nitrogens with one attached hydrogen (secondary N) is 1. The largest absolute Gasteiger partial charge is 0.461 e. The Kier molecular flexibility index (Phi) is 6.57. The van der Waals surface area contributed by atoms with Gasteiger partial charge in [-0.15, -0.1) is 0 Å². The van der Waals surface area contributed by atoms with Crippen LogP contribution in [0.5, 0.6) is 0 Å². The lowest BCUT2D eigenvalue weighted by Gasteiger charge is -2.30. The van der Waals surface area contributed by atoms with Gasteiger partial charge in [-0.1, -0.05) is 0 Å². The van der Waals surface area contributed by atoms with Crippen LogP contribution in [-0.4, -0.2) is 48.9 Å². The molecule has 1 aromatic carbocycles. The van der Waals surface area contributed by atoms with Crippen LogP contribution in [0.2, 0.25) is 0 Å². The molecule has 162 valence electrons. The molecule has 1 aliphatic heterocycles. The van der Waals surface area contributed by atoms with Crippen molar-refractivity contribution in [1.82, 2.24) is 8.87 Å². The van der Waals surface area contributed by atoms with Crippen molar-refractivity contribution in [2.75, 3.05) is 25.0 Å². The number of ether oxygens (including phenoxy) is 1. The minimum Gasteiger partial charge on any atom is -0.461 e. The van der Waals surface area contributed by atoms with Gasteiger partial charge in [0.2, 0.25) is 15.9 Å². The van der Waals surface area contributed by atoms with Crippen LogP contribution < -0.4 is 5.32 Å². The number of hydrogen-bond donors (Lipinski definition) is 1. The lowest BCUT2D eigenvalue weighted by atomic mass is 9.97. The van der Waals surface area contributed by atoms with E-state index in [2.05, 4.69) is 5.32 Å². The van der Waals surface area contributed by atoms with Gasteiger partial charge >= 0.3 is 5.97 Å². The van der Waals surface area contributed by atoms with E-state index in [1.807, 2.05) is 0 Å². The molecule has 1 aliphatic rings. The van der Waals surface area contributed by atoms with E-state index in [9.17, 15) is 22.4 Å². The van der Waals surface area contributed by atoms with Gasteiger partial charge in [0, 0.05) is 37.9 Å². The highest BCUT2D eigenvalue weighted by atomic mass is 32.2. The zero-order valence-corrected chi connectivity index (χ0v) is 17.6. The smallest absolute Gasteiger partial charge is 0.354 e. The highest BCUT2D eigenvalue weighted by Crippen LogP contribution is 2.26. The summed E-state index contributed by atoms with van der Waals surface area (Å²) in [5.74, 6) is -1.54. The van der Waals surface area contributed by atoms with Crippen LogP contribution >= 0.6 is 0 Å². The molecule has 2 heterocycles. The van der Waals surface area contributed by atoms with Crippen molar-refractivity contribution in [3.05, 3.63) is 48.0 Å². The molecule has 0 aliphatic carbocycles. The molecule has 1 saturated heterocycles. The molecule has 1 N–H and O–H groups in total. The Morgan fingerprint density at radius 3 is 2.43 bits per heavy atom. The molecule has 10 heteroatoms. The number of esters is 1. The Morgan fingerprint density at radius 2 is 1.83 bits per heavy atom. The summed E-state index contributed by atoms with van der Waals surface area (Å²) in [6.45, 7) is 2.25. The number of benzene rings is 1. The second-order valence-electron chi connectivity index (χ2n) is 7.07. The van der Waals surface area contributed by atoms with Crippen molar-refractivity contribution < 1.29 is 27.1 Å². The molecule has 0 radical (unpaired) electrons. The minimum atomic E-state index is -3.79. The van der Waals surface area contributed by atoms with Gasteiger partial charge < -0.3 is 14.6 Å². The first-order valence-electron chi connectivity index (χ1n) is 9.62. The summed E-state index contributed by atoms with van der Waals surface area (Å²) in [6.07, 6.45) is 2.11. The lowest BCUT2D eigenvalue weighted by molar-refractivity contribution is -0.120. The summed E-state index contributed by atoms with van der Waals surface area (Å²) in [4.78, 5) is 24.4. The Labute approximate surface area is 174 Å². The molecule has 0 bridgehead atoms. The summed E-state index contributed by atoms with van der Waals surface area (Å²) in [5, 5.41) is 2.73. The number of sulfonamides is 1. The van der Waals surface area contributed by atoms with Crippen LogP contribution in [0.1, 0.15) is 30.3 Å². The van der Waals surface area contributed by atoms with Crippen molar-refractivity contribution in [3.63, 3.8) is 0 Å². The average Bonchev–Trinajstić information content (AvgIpc) is 3.12. The monoisotopic (exact) mass is 437 g/mol. The third kappa shape index (κ3) is 4.71. The summed E-state index contributed by atoms with van der Waals surface area (Å²) in [6, 6.07) is 6.78. The minimum absolute atomic E-state index is 0.0160. The van der Waals surface area contributed by atoms with E-state index in [0.717, 1.165) is 0 Å². The lowest BCUT2D eigenvalue weighted by Crippen LogP contribution is -2.41. The van der Waals surface area contributed by atoms with Gasteiger partial charge in [0.1, 0.15) is 16.4 Å². The zero-order valence-electron chi connectivity index (χ0n) is 16.8. The standard InChI is InChI=1S/C20H24FN3O5S/c1-3-29-20(26)18-12-17(13-23(18)2)30(27,28)24-10-8-14(9-11-24)19(25)22-16-6-4-15(21)5-7-16/h4-7,12-14H,3,8-11H2,1-2H3,(H,22,25). The highest BCUT2D eigenvalue weighted by Gasteiger charge is 2.33. The molecular weight excluding hydrogens is 413 g/mol. The van der Waals surface area contributed by atoms with E-state index in [4.69, 9.17) is 4.74 Å². The number of aromatic nitrogens is 1. The van der Waals surface area contributed by atoms with Gasteiger partial charge in [-0.25, -0.2) is 17.6 Å². The van der Waals surface area contributed by atoms with E-state index in [1.54, 1.807) is 14.0 Å². The first kappa shape index (κ1) is 22.0. The molecule has 0 spiro atoms. The number of carbonyl (C=O) groups excluding carboxylic acids is 2. The Morgan fingerprint density at radius 1 is 1.20 bits per heavy atom. The third-order valence-electron chi connectivity index (χ3n) is 5.04. The first-order valence-corrected chi connectivity index (χ1v) is 11.1. The normalized spacial score (nSPS) is 15.7. The van der Waals surface area contributed by atoms with Crippen molar-refractivity contribution >= 4 is 27.6 Å². The molecule has 1 amide bonds. The van der Waals surface area contributed by atoms with E-state index >= 15 is 0 Å². The van der Waals surface area contributed by atoms with E-state index in [0.29, 0.717) is 18.5 Å². The predicted octanol–water partition coefficient (Wildman–Crippen LogP) is 2.38. The van der Waals surface area contributed by atoms with Gasteiger partial charge in [-0.2, -0.15) is 4.31 Å². The molecule has 1 aromatic heterocycles. The van der Waals surface area contributed by atoms with Crippen molar-refractivity contribution in [2.24, 2.45) is 13.0 Å². The van der Waals surface area contributed by atoms with Gasteiger partial charge in [-0.3, -0.25) is 4.79 Å².